The van der Waals surface area contributed by atoms with Crippen molar-refractivity contribution in [3.8, 4) is 0 Å². The van der Waals surface area contributed by atoms with Gasteiger partial charge in [-0.2, -0.15) is 0 Å². The summed E-state index contributed by atoms with van der Waals surface area (Å²) in [7, 11) is 1.73. The van der Waals surface area contributed by atoms with Gasteiger partial charge in [-0.25, -0.2) is 0 Å². The van der Waals surface area contributed by atoms with E-state index in [-0.39, 0.29) is 5.91 Å². The smallest absolute Gasteiger partial charge is 0.220 e. The fourth-order valence-corrected chi connectivity index (χ4v) is 3.21. The Bertz CT molecular complexity index is 447. The summed E-state index contributed by atoms with van der Waals surface area (Å²) in [6.45, 7) is 4.30. The molecule has 1 aliphatic carbocycles. The number of amides is 1. The summed E-state index contributed by atoms with van der Waals surface area (Å²) in [5.41, 5.74) is 4.00. The van der Waals surface area contributed by atoms with Crippen LogP contribution in [-0.4, -0.2) is 13.0 Å². The summed E-state index contributed by atoms with van der Waals surface area (Å²) in [4.78, 5) is 11.8. The monoisotopic (exact) mass is 259 g/mol. The van der Waals surface area contributed by atoms with Crippen molar-refractivity contribution in [1.82, 2.24) is 5.32 Å². The van der Waals surface area contributed by atoms with Gasteiger partial charge in [-0.15, -0.1) is 0 Å². The predicted octanol–water partition coefficient (Wildman–Crippen LogP) is 3.71. The molecule has 2 rings (SSSR count). The third kappa shape index (κ3) is 3.37. The summed E-state index contributed by atoms with van der Waals surface area (Å²) < 4.78 is 0. The first-order valence-corrected chi connectivity index (χ1v) is 7.39. The predicted molar refractivity (Wildman–Crippen MR) is 79.3 cm³/mol. The van der Waals surface area contributed by atoms with E-state index in [9.17, 15) is 4.79 Å². The first-order valence-electron chi connectivity index (χ1n) is 7.39. The van der Waals surface area contributed by atoms with Gasteiger partial charge in [-0.1, -0.05) is 31.0 Å². The zero-order chi connectivity index (χ0) is 13.8. The molecule has 2 heteroatoms. The molecule has 0 aliphatic heterocycles. The Labute approximate surface area is 116 Å². The highest BCUT2D eigenvalue weighted by Gasteiger charge is 2.28. The van der Waals surface area contributed by atoms with Crippen molar-refractivity contribution in [3.63, 3.8) is 0 Å². The standard InChI is InChI=1S/C17H25NO/c1-12-8-9-15(10-13(12)2)16(11-17(19)18-3)14-6-4-5-7-14/h8-10,14,16H,4-7,11H2,1-3H3,(H,18,19). The number of carbonyl (C=O) groups excluding carboxylic acids is 1. The first kappa shape index (κ1) is 14.1. The molecular weight excluding hydrogens is 234 g/mol. The summed E-state index contributed by atoms with van der Waals surface area (Å²) in [6, 6.07) is 6.69. The molecule has 19 heavy (non-hydrogen) atoms. The van der Waals surface area contributed by atoms with Gasteiger partial charge in [-0.3, -0.25) is 4.79 Å². The maximum absolute atomic E-state index is 11.8. The number of rotatable bonds is 4. The Morgan fingerprint density at radius 3 is 2.53 bits per heavy atom. The van der Waals surface area contributed by atoms with Gasteiger partial charge < -0.3 is 5.32 Å². The third-order valence-corrected chi connectivity index (χ3v) is 4.61. The van der Waals surface area contributed by atoms with Gasteiger partial charge >= 0.3 is 0 Å². The van der Waals surface area contributed by atoms with E-state index < -0.39 is 0 Å². The van der Waals surface area contributed by atoms with Crippen LogP contribution < -0.4 is 5.32 Å². The Balaban J connectivity index is 2.24. The zero-order valence-electron chi connectivity index (χ0n) is 12.3. The van der Waals surface area contributed by atoms with Gasteiger partial charge in [0.2, 0.25) is 5.91 Å². The lowest BCUT2D eigenvalue weighted by atomic mass is 9.81. The van der Waals surface area contributed by atoms with E-state index in [4.69, 9.17) is 0 Å². The molecule has 0 spiro atoms. The van der Waals surface area contributed by atoms with Crippen LogP contribution in [0.5, 0.6) is 0 Å². The number of benzene rings is 1. The van der Waals surface area contributed by atoms with Crippen LogP contribution in [0.25, 0.3) is 0 Å². The molecule has 1 aromatic carbocycles. The first-order chi connectivity index (χ1) is 9.11. The van der Waals surface area contributed by atoms with Crippen molar-refractivity contribution in [2.75, 3.05) is 7.05 Å². The lowest BCUT2D eigenvalue weighted by Gasteiger charge is -2.24. The van der Waals surface area contributed by atoms with Gasteiger partial charge in [0.15, 0.2) is 0 Å². The molecule has 0 bridgehead atoms. The van der Waals surface area contributed by atoms with Crippen molar-refractivity contribution in [2.24, 2.45) is 5.92 Å². The summed E-state index contributed by atoms with van der Waals surface area (Å²) in [6.07, 6.45) is 5.81. The topological polar surface area (TPSA) is 29.1 Å². The van der Waals surface area contributed by atoms with Crippen LogP contribution in [0.2, 0.25) is 0 Å². The number of nitrogens with one attached hydrogen (secondary N) is 1. The van der Waals surface area contributed by atoms with E-state index in [1.54, 1.807) is 7.05 Å². The van der Waals surface area contributed by atoms with Crippen LogP contribution in [-0.2, 0) is 4.79 Å². The average Bonchev–Trinajstić information content (AvgIpc) is 2.92. The minimum absolute atomic E-state index is 0.162. The van der Waals surface area contributed by atoms with Gasteiger partial charge in [0.1, 0.15) is 0 Å². The molecule has 1 unspecified atom stereocenters. The maximum Gasteiger partial charge on any atom is 0.220 e. The molecule has 0 saturated heterocycles. The molecule has 1 atom stereocenters. The van der Waals surface area contributed by atoms with Crippen LogP contribution in [0.1, 0.15) is 54.7 Å². The van der Waals surface area contributed by atoms with Crippen LogP contribution in [0.3, 0.4) is 0 Å². The SMILES string of the molecule is CNC(=O)CC(c1ccc(C)c(C)c1)C1CCCC1. The number of hydrogen-bond donors (Lipinski definition) is 1. The van der Waals surface area contributed by atoms with Crippen molar-refractivity contribution < 1.29 is 4.79 Å². The number of hydrogen-bond acceptors (Lipinski definition) is 1. The minimum Gasteiger partial charge on any atom is -0.359 e. The van der Waals surface area contributed by atoms with E-state index in [0.717, 1.165) is 0 Å². The number of carbonyl (C=O) groups is 1. The van der Waals surface area contributed by atoms with Crippen LogP contribution in [0.4, 0.5) is 0 Å². The fraction of sp³-hybridized carbons (Fsp3) is 0.588. The van der Waals surface area contributed by atoms with E-state index in [2.05, 4.69) is 37.4 Å². The second-order valence-corrected chi connectivity index (χ2v) is 5.87. The van der Waals surface area contributed by atoms with E-state index in [1.165, 1.54) is 42.4 Å². The van der Waals surface area contributed by atoms with E-state index in [0.29, 0.717) is 18.3 Å². The normalized spacial score (nSPS) is 17.4. The molecule has 1 N–H and O–H groups in total. The van der Waals surface area contributed by atoms with Gasteiger partial charge in [0.05, 0.1) is 0 Å². The molecular formula is C17H25NO. The van der Waals surface area contributed by atoms with Crippen molar-refractivity contribution >= 4 is 5.91 Å². The number of aryl methyl sites for hydroxylation is 2. The molecule has 1 aliphatic rings. The van der Waals surface area contributed by atoms with Gasteiger partial charge in [-0.05, 0) is 55.2 Å². The zero-order valence-corrected chi connectivity index (χ0v) is 12.3. The second kappa shape index (κ2) is 6.23. The summed E-state index contributed by atoms with van der Waals surface area (Å²) >= 11 is 0. The van der Waals surface area contributed by atoms with Crippen LogP contribution in [0.15, 0.2) is 18.2 Å². The highest BCUT2D eigenvalue weighted by atomic mass is 16.1. The minimum atomic E-state index is 0.162. The fourth-order valence-electron chi connectivity index (χ4n) is 3.21. The van der Waals surface area contributed by atoms with Gasteiger partial charge in [0.25, 0.3) is 0 Å². The highest BCUT2D eigenvalue weighted by molar-refractivity contribution is 5.76. The molecule has 2 nitrogen and oxygen atoms in total. The van der Waals surface area contributed by atoms with E-state index in [1.807, 2.05) is 0 Å². The highest BCUT2D eigenvalue weighted by Crippen LogP contribution is 2.39. The molecule has 1 saturated carbocycles. The molecule has 0 aromatic heterocycles. The maximum atomic E-state index is 11.8. The molecule has 1 aromatic rings. The average molecular weight is 259 g/mol. The quantitative estimate of drug-likeness (QED) is 0.877. The lowest BCUT2D eigenvalue weighted by Crippen LogP contribution is -2.23. The molecule has 0 radical (unpaired) electrons. The molecule has 0 heterocycles. The van der Waals surface area contributed by atoms with Crippen LogP contribution in [0, 0.1) is 19.8 Å². The summed E-state index contributed by atoms with van der Waals surface area (Å²) in [5, 5.41) is 2.78. The third-order valence-electron chi connectivity index (χ3n) is 4.61. The Hall–Kier alpha value is -1.31. The lowest BCUT2D eigenvalue weighted by molar-refractivity contribution is -0.121. The Kier molecular flexibility index (Phi) is 4.62. The van der Waals surface area contributed by atoms with Crippen molar-refractivity contribution in [3.05, 3.63) is 34.9 Å². The Morgan fingerprint density at radius 1 is 1.26 bits per heavy atom. The summed E-state index contributed by atoms with van der Waals surface area (Å²) in [5.74, 6) is 1.23. The molecule has 1 amide bonds. The van der Waals surface area contributed by atoms with Crippen LogP contribution >= 0.6 is 0 Å². The van der Waals surface area contributed by atoms with Crippen molar-refractivity contribution in [1.29, 1.82) is 0 Å². The largest absolute Gasteiger partial charge is 0.359 e. The molecule has 1 fully saturated rings. The van der Waals surface area contributed by atoms with E-state index >= 15 is 0 Å². The van der Waals surface area contributed by atoms with Crippen molar-refractivity contribution in [2.45, 2.75) is 51.9 Å². The van der Waals surface area contributed by atoms with Gasteiger partial charge in [0, 0.05) is 13.5 Å². The second-order valence-electron chi connectivity index (χ2n) is 5.87. The molecule has 104 valence electrons. The Morgan fingerprint density at radius 2 is 1.95 bits per heavy atom.